The van der Waals surface area contributed by atoms with Gasteiger partial charge in [-0.2, -0.15) is 0 Å². The molecule has 0 spiro atoms. The predicted molar refractivity (Wildman–Crippen MR) is 113 cm³/mol. The molecule has 1 fully saturated rings. The van der Waals surface area contributed by atoms with Crippen LogP contribution in [0.15, 0.2) is 41.5 Å². The van der Waals surface area contributed by atoms with E-state index >= 15 is 0 Å². The number of aliphatic imine (C=N–C) groups is 1. The minimum Gasteiger partial charge on any atom is -0.504 e. The van der Waals surface area contributed by atoms with Gasteiger partial charge in [0.1, 0.15) is 0 Å². The Kier molecular flexibility index (Phi) is 7.33. The lowest BCUT2D eigenvalue weighted by molar-refractivity contribution is 0.253. The van der Waals surface area contributed by atoms with E-state index in [1.54, 1.807) is 18.3 Å². The summed E-state index contributed by atoms with van der Waals surface area (Å²) in [5.74, 6) is 0.500. The maximum atomic E-state index is 9.62. The molecule has 0 bridgehead atoms. The van der Waals surface area contributed by atoms with Crippen molar-refractivity contribution in [2.75, 3.05) is 37.6 Å². The van der Waals surface area contributed by atoms with E-state index in [2.05, 4.69) is 19.8 Å². The molecule has 1 N–H and O–H groups in total. The number of nitrogens with zero attached hydrogens (tertiary/aromatic N) is 4. The molecule has 0 amide bonds. The van der Waals surface area contributed by atoms with Crippen molar-refractivity contribution in [1.82, 2.24) is 9.88 Å². The summed E-state index contributed by atoms with van der Waals surface area (Å²) >= 11 is 12.5. The van der Waals surface area contributed by atoms with E-state index in [4.69, 9.17) is 23.2 Å². The maximum absolute atomic E-state index is 9.62. The first kappa shape index (κ1) is 19.9. The number of anilines is 1. The van der Waals surface area contributed by atoms with Crippen molar-refractivity contribution in [2.45, 2.75) is 19.3 Å². The highest BCUT2D eigenvalue weighted by Gasteiger charge is 2.19. The molecule has 3 rings (SSSR count). The van der Waals surface area contributed by atoms with Crippen LogP contribution in [0.1, 0.15) is 19.3 Å². The first-order chi connectivity index (χ1) is 13.1. The van der Waals surface area contributed by atoms with Gasteiger partial charge in [-0.1, -0.05) is 29.3 Å². The third-order valence-electron chi connectivity index (χ3n) is 4.68. The lowest BCUT2D eigenvalue weighted by Gasteiger charge is -2.36. The van der Waals surface area contributed by atoms with Gasteiger partial charge in [-0.25, -0.2) is 9.98 Å². The molecule has 2 heterocycles. The van der Waals surface area contributed by atoms with E-state index in [1.165, 1.54) is 0 Å². The van der Waals surface area contributed by atoms with Crippen LogP contribution >= 0.6 is 23.2 Å². The SMILES string of the molecule is Oc1cccnc1N=CCCCCN1CCN(c2cccc(Cl)c2Cl)CC1. The van der Waals surface area contributed by atoms with E-state index < -0.39 is 0 Å². The quantitative estimate of drug-likeness (QED) is 0.530. The van der Waals surface area contributed by atoms with Gasteiger partial charge in [0.2, 0.25) is 0 Å². The lowest BCUT2D eigenvalue weighted by atomic mass is 10.2. The highest BCUT2D eigenvalue weighted by molar-refractivity contribution is 6.43. The topological polar surface area (TPSA) is 52.0 Å². The maximum Gasteiger partial charge on any atom is 0.194 e. The predicted octanol–water partition coefficient (Wildman–Crippen LogP) is 4.79. The number of aromatic nitrogens is 1. The zero-order chi connectivity index (χ0) is 19.1. The van der Waals surface area contributed by atoms with Crippen LogP contribution in [0.5, 0.6) is 5.75 Å². The van der Waals surface area contributed by atoms with Gasteiger partial charge in [0.05, 0.1) is 15.7 Å². The Hall–Kier alpha value is -1.82. The van der Waals surface area contributed by atoms with E-state index in [9.17, 15) is 5.11 Å². The van der Waals surface area contributed by atoms with Crippen LogP contribution in [0, 0.1) is 0 Å². The Morgan fingerprint density at radius 2 is 1.89 bits per heavy atom. The second-order valence-electron chi connectivity index (χ2n) is 6.56. The second kappa shape index (κ2) is 9.93. The van der Waals surface area contributed by atoms with Crippen LogP contribution in [-0.4, -0.2) is 53.9 Å². The fourth-order valence-electron chi connectivity index (χ4n) is 3.16. The standard InChI is InChI=1S/C20H24Cl2N4O/c21-16-6-4-7-17(19(16)22)26-14-12-25(13-15-26)11-3-1-2-9-23-20-18(27)8-5-10-24-20/h4-10,27H,1-3,11-15H2. The minimum atomic E-state index is 0.117. The Labute approximate surface area is 170 Å². The molecule has 5 nitrogen and oxygen atoms in total. The van der Waals surface area contributed by atoms with Crippen LogP contribution in [0.25, 0.3) is 0 Å². The molecule has 0 unspecified atom stereocenters. The number of pyridine rings is 1. The molecule has 2 aromatic rings. The molecule has 1 saturated heterocycles. The Morgan fingerprint density at radius 1 is 1.07 bits per heavy atom. The van der Waals surface area contributed by atoms with Gasteiger partial charge in [-0.3, -0.25) is 4.90 Å². The minimum absolute atomic E-state index is 0.117. The van der Waals surface area contributed by atoms with Gasteiger partial charge in [0.25, 0.3) is 0 Å². The van der Waals surface area contributed by atoms with Gasteiger partial charge in [-0.05, 0) is 50.1 Å². The molecule has 0 saturated carbocycles. The third kappa shape index (κ3) is 5.58. The van der Waals surface area contributed by atoms with Crippen molar-refractivity contribution in [3.63, 3.8) is 0 Å². The number of rotatable bonds is 7. The Balaban J connectivity index is 1.35. The molecule has 1 aromatic carbocycles. The fourth-order valence-corrected chi connectivity index (χ4v) is 3.57. The average Bonchev–Trinajstić information content (AvgIpc) is 2.69. The van der Waals surface area contributed by atoms with Crippen molar-refractivity contribution >= 4 is 40.9 Å². The molecule has 1 aliphatic rings. The molecule has 27 heavy (non-hydrogen) atoms. The number of hydrogen-bond acceptors (Lipinski definition) is 5. The number of benzene rings is 1. The Morgan fingerprint density at radius 3 is 2.67 bits per heavy atom. The van der Waals surface area contributed by atoms with Gasteiger partial charge in [0.15, 0.2) is 11.6 Å². The summed E-state index contributed by atoms with van der Waals surface area (Å²) < 4.78 is 0. The van der Waals surface area contributed by atoms with E-state index in [0.717, 1.165) is 57.7 Å². The van der Waals surface area contributed by atoms with Crippen molar-refractivity contribution in [3.05, 3.63) is 46.6 Å². The number of piperazine rings is 1. The molecule has 1 aromatic heterocycles. The smallest absolute Gasteiger partial charge is 0.194 e. The van der Waals surface area contributed by atoms with Crippen LogP contribution in [0.2, 0.25) is 10.0 Å². The zero-order valence-corrected chi connectivity index (χ0v) is 16.7. The van der Waals surface area contributed by atoms with Crippen molar-refractivity contribution in [2.24, 2.45) is 4.99 Å². The highest BCUT2D eigenvalue weighted by Crippen LogP contribution is 2.32. The average molecular weight is 407 g/mol. The number of halogens is 2. The summed E-state index contributed by atoms with van der Waals surface area (Å²) in [5.41, 5.74) is 1.03. The van der Waals surface area contributed by atoms with Crippen molar-refractivity contribution in [3.8, 4) is 5.75 Å². The Bertz CT molecular complexity index is 776. The molecule has 7 heteroatoms. The summed E-state index contributed by atoms with van der Waals surface area (Å²) in [6.45, 7) is 5.05. The highest BCUT2D eigenvalue weighted by atomic mass is 35.5. The molecule has 0 radical (unpaired) electrons. The van der Waals surface area contributed by atoms with Crippen molar-refractivity contribution < 1.29 is 5.11 Å². The number of unbranched alkanes of at least 4 members (excludes halogenated alkanes) is 2. The van der Waals surface area contributed by atoms with E-state index in [1.807, 2.05) is 24.4 Å². The monoisotopic (exact) mass is 406 g/mol. The lowest BCUT2D eigenvalue weighted by Crippen LogP contribution is -2.46. The summed E-state index contributed by atoms with van der Waals surface area (Å²) in [5, 5.41) is 10.9. The molecule has 144 valence electrons. The summed E-state index contributed by atoms with van der Waals surface area (Å²) in [6, 6.07) is 9.08. The second-order valence-corrected chi connectivity index (χ2v) is 7.34. The fraction of sp³-hybridized carbons (Fsp3) is 0.400. The first-order valence-electron chi connectivity index (χ1n) is 9.23. The van der Waals surface area contributed by atoms with Crippen LogP contribution < -0.4 is 4.90 Å². The summed E-state index contributed by atoms with van der Waals surface area (Å²) in [6.07, 6.45) is 6.54. The van der Waals surface area contributed by atoms with Gasteiger partial charge in [0, 0.05) is 38.6 Å². The number of hydrogen-bond donors (Lipinski definition) is 1. The molecular weight excluding hydrogens is 383 g/mol. The van der Waals surface area contributed by atoms with Crippen LogP contribution in [0.3, 0.4) is 0 Å². The molecular formula is C20H24Cl2N4O. The third-order valence-corrected chi connectivity index (χ3v) is 5.49. The van der Waals surface area contributed by atoms with E-state index in [-0.39, 0.29) is 5.75 Å². The van der Waals surface area contributed by atoms with Crippen LogP contribution in [0.4, 0.5) is 11.5 Å². The molecule has 0 aliphatic carbocycles. The zero-order valence-electron chi connectivity index (χ0n) is 15.2. The summed E-state index contributed by atoms with van der Waals surface area (Å²) in [7, 11) is 0. The molecule has 0 atom stereocenters. The summed E-state index contributed by atoms with van der Waals surface area (Å²) in [4.78, 5) is 13.0. The number of aromatic hydroxyl groups is 1. The van der Waals surface area contributed by atoms with Crippen LogP contribution in [-0.2, 0) is 0 Å². The van der Waals surface area contributed by atoms with E-state index in [0.29, 0.717) is 15.9 Å². The normalized spacial score (nSPS) is 15.6. The van der Waals surface area contributed by atoms with Crippen molar-refractivity contribution in [1.29, 1.82) is 0 Å². The van der Waals surface area contributed by atoms with Gasteiger partial charge in [-0.15, -0.1) is 0 Å². The van der Waals surface area contributed by atoms with Gasteiger partial charge >= 0.3 is 0 Å². The molecule has 1 aliphatic heterocycles. The first-order valence-corrected chi connectivity index (χ1v) is 9.98. The largest absolute Gasteiger partial charge is 0.504 e. The van der Waals surface area contributed by atoms with Gasteiger partial charge < -0.3 is 10.0 Å².